The average Bonchev–Trinajstić information content (AvgIpc) is 2.55. The van der Waals surface area contributed by atoms with Gasteiger partial charge in [0.15, 0.2) is 6.54 Å². The van der Waals surface area contributed by atoms with Gasteiger partial charge in [0.05, 0.1) is 0 Å². The van der Waals surface area contributed by atoms with Gasteiger partial charge in [-0.1, -0.05) is 54.1 Å². The van der Waals surface area contributed by atoms with Gasteiger partial charge in [-0.15, -0.1) is 0 Å². The lowest BCUT2D eigenvalue weighted by Crippen LogP contribution is -2.87. The van der Waals surface area contributed by atoms with Crippen LogP contribution in [0, 0.1) is 6.92 Å². The number of carbonyl (C=O) groups is 1. The number of aryl methyl sites for hydroxylation is 1. The van der Waals surface area contributed by atoms with Crippen LogP contribution < -0.4 is 10.6 Å². The summed E-state index contributed by atoms with van der Waals surface area (Å²) >= 11 is 6.18. The molecule has 1 atom stereocenters. The van der Waals surface area contributed by atoms with Crippen molar-refractivity contribution < 1.29 is 10.1 Å². The van der Waals surface area contributed by atoms with Crippen molar-refractivity contribution in [1.29, 1.82) is 0 Å². The standard InChI is InChI=1S/C19H23ClN2O/c1-14-7-3-4-8-16(14)11-12-21-19(23)13-22-15(2)17-9-5-6-10-18(17)20/h3-10,15,22H,11-13H2,1-2H3,(H,21,23)/p+1/t15-/m1/s1. The van der Waals surface area contributed by atoms with Crippen molar-refractivity contribution in [2.45, 2.75) is 26.3 Å². The summed E-state index contributed by atoms with van der Waals surface area (Å²) in [6, 6.07) is 16.2. The van der Waals surface area contributed by atoms with E-state index in [2.05, 4.69) is 31.3 Å². The Morgan fingerprint density at radius 3 is 2.61 bits per heavy atom. The number of amides is 1. The number of hydrogen-bond donors (Lipinski definition) is 2. The molecule has 2 aromatic carbocycles. The highest BCUT2D eigenvalue weighted by molar-refractivity contribution is 6.31. The van der Waals surface area contributed by atoms with E-state index in [1.54, 1.807) is 0 Å². The average molecular weight is 332 g/mol. The molecular weight excluding hydrogens is 308 g/mol. The fourth-order valence-corrected chi connectivity index (χ4v) is 2.86. The van der Waals surface area contributed by atoms with Crippen molar-refractivity contribution in [2.24, 2.45) is 0 Å². The molecule has 3 nitrogen and oxygen atoms in total. The van der Waals surface area contributed by atoms with Crippen molar-refractivity contribution in [3.8, 4) is 0 Å². The van der Waals surface area contributed by atoms with E-state index in [4.69, 9.17) is 11.6 Å². The third kappa shape index (κ3) is 5.38. The highest BCUT2D eigenvalue weighted by Gasteiger charge is 2.13. The predicted molar refractivity (Wildman–Crippen MR) is 94.6 cm³/mol. The Labute approximate surface area is 143 Å². The van der Waals surface area contributed by atoms with Gasteiger partial charge in [-0.05, 0) is 37.5 Å². The van der Waals surface area contributed by atoms with Gasteiger partial charge in [0, 0.05) is 17.1 Å². The summed E-state index contributed by atoms with van der Waals surface area (Å²) in [5.74, 6) is 0.0532. The van der Waals surface area contributed by atoms with Gasteiger partial charge in [-0.25, -0.2) is 0 Å². The summed E-state index contributed by atoms with van der Waals surface area (Å²) in [5, 5.41) is 5.73. The lowest BCUT2D eigenvalue weighted by Gasteiger charge is -2.12. The van der Waals surface area contributed by atoms with Crippen LogP contribution in [0.25, 0.3) is 0 Å². The Kier molecular flexibility index (Phi) is 6.63. The van der Waals surface area contributed by atoms with Crippen LogP contribution in [0.15, 0.2) is 48.5 Å². The summed E-state index contributed by atoms with van der Waals surface area (Å²) in [7, 11) is 0. The summed E-state index contributed by atoms with van der Waals surface area (Å²) in [4.78, 5) is 12.0. The first-order valence-corrected chi connectivity index (χ1v) is 8.34. The quantitative estimate of drug-likeness (QED) is 0.805. The van der Waals surface area contributed by atoms with Gasteiger partial charge >= 0.3 is 0 Å². The number of hydrogen-bond acceptors (Lipinski definition) is 1. The van der Waals surface area contributed by atoms with Crippen molar-refractivity contribution in [2.75, 3.05) is 13.1 Å². The minimum atomic E-state index is 0.0532. The minimum absolute atomic E-state index is 0.0532. The Morgan fingerprint density at radius 1 is 1.17 bits per heavy atom. The van der Waals surface area contributed by atoms with Crippen LogP contribution >= 0.6 is 11.6 Å². The van der Waals surface area contributed by atoms with Gasteiger partial charge < -0.3 is 10.6 Å². The van der Waals surface area contributed by atoms with Gasteiger partial charge in [-0.2, -0.15) is 0 Å². The second-order valence-corrected chi connectivity index (χ2v) is 6.18. The third-order valence-corrected chi connectivity index (χ3v) is 4.37. The zero-order valence-electron chi connectivity index (χ0n) is 13.7. The largest absolute Gasteiger partial charge is 0.351 e. The van der Waals surface area contributed by atoms with Crippen molar-refractivity contribution in [1.82, 2.24) is 5.32 Å². The fraction of sp³-hybridized carbons (Fsp3) is 0.316. The van der Waals surface area contributed by atoms with E-state index in [1.807, 2.05) is 41.7 Å². The van der Waals surface area contributed by atoms with Crippen molar-refractivity contribution in [3.63, 3.8) is 0 Å². The molecule has 0 aliphatic heterocycles. The van der Waals surface area contributed by atoms with E-state index in [9.17, 15) is 4.79 Å². The Morgan fingerprint density at radius 2 is 1.87 bits per heavy atom. The van der Waals surface area contributed by atoms with E-state index < -0.39 is 0 Å². The maximum absolute atomic E-state index is 12.0. The Balaban J connectivity index is 1.73. The minimum Gasteiger partial charge on any atom is -0.351 e. The van der Waals surface area contributed by atoms with E-state index in [1.165, 1.54) is 11.1 Å². The molecule has 2 rings (SSSR count). The van der Waals surface area contributed by atoms with Crippen LogP contribution in [-0.4, -0.2) is 19.0 Å². The lowest BCUT2D eigenvalue weighted by molar-refractivity contribution is -0.682. The molecule has 2 aromatic rings. The van der Waals surface area contributed by atoms with Crippen LogP contribution in [-0.2, 0) is 11.2 Å². The molecule has 4 heteroatoms. The summed E-state index contributed by atoms with van der Waals surface area (Å²) in [5.41, 5.74) is 3.60. The second kappa shape index (κ2) is 8.70. The van der Waals surface area contributed by atoms with Gasteiger partial charge in [0.1, 0.15) is 6.04 Å². The first-order valence-electron chi connectivity index (χ1n) is 7.97. The molecule has 0 unspecified atom stereocenters. The summed E-state index contributed by atoms with van der Waals surface area (Å²) in [6.45, 7) is 5.22. The second-order valence-electron chi connectivity index (χ2n) is 5.78. The smallest absolute Gasteiger partial charge is 0.275 e. The molecule has 122 valence electrons. The van der Waals surface area contributed by atoms with Crippen LogP contribution in [0.1, 0.15) is 29.7 Å². The van der Waals surface area contributed by atoms with Crippen LogP contribution in [0.3, 0.4) is 0 Å². The van der Waals surface area contributed by atoms with E-state index in [0.717, 1.165) is 17.0 Å². The van der Waals surface area contributed by atoms with Crippen LogP contribution in [0.5, 0.6) is 0 Å². The number of rotatable bonds is 7. The molecule has 0 fully saturated rings. The number of benzene rings is 2. The topological polar surface area (TPSA) is 45.7 Å². The molecule has 3 N–H and O–H groups in total. The molecule has 1 amide bonds. The first-order chi connectivity index (χ1) is 11.1. The normalized spacial score (nSPS) is 12.0. The van der Waals surface area contributed by atoms with Gasteiger partial charge in [0.2, 0.25) is 0 Å². The van der Waals surface area contributed by atoms with Gasteiger partial charge in [0.25, 0.3) is 5.91 Å². The highest BCUT2D eigenvalue weighted by Crippen LogP contribution is 2.19. The molecule has 0 heterocycles. The summed E-state index contributed by atoms with van der Waals surface area (Å²) in [6.07, 6.45) is 0.860. The molecule has 0 aromatic heterocycles. The molecule has 23 heavy (non-hydrogen) atoms. The molecular formula is C19H24ClN2O+. The monoisotopic (exact) mass is 331 g/mol. The first kappa shape index (κ1) is 17.5. The van der Waals surface area contributed by atoms with Crippen LogP contribution in [0.4, 0.5) is 0 Å². The van der Waals surface area contributed by atoms with Gasteiger partial charge in [-0.3, -0.25) is 4.79 Å². The molecule has 0 aliphatic carbocycles. The fourth-order valence-electron chi connectivity index (χ4n) is 2.55. The lowest BCUT2D eigenvalue weighted by atomic mass is 10.1. The van der Waals surface area contributed by atoms with E-state index in [-0.39, 0.29) is 11.9 Å². The van der Waals surface area contributed by atoms with Crippen LogP contribution in [0.2, 0.25) is 5.02 Å². The Bertz CT molecular complexity index is 657. The van der Waals surface area contributed by atoms with Crippen molar-refractivity contribution >= 4 is 17.5 Å². The van der Waals surface area contributed by atoms with E-state index in [0.29, 0.717) is 13.1 Å². The zero-order valence-corrected chi connectivity index (χ0v) is 14.4. The molecule has 0 radical (unpaired) electrons. The maximum Gasteiger partial charge on any atom is 0.275 e. The molecule has 0 saturated carbocycles. The highest BCUT2D eigenvalue weighted by atomic mass is 35.5. The molecule has 0 aliphatic rings. The molecule has 0 saturated heterocycles. The van der Waals surface area contributed by atoms with E-state index >= 15 is 0 Å². The number of quaternary nitrogens is 1. The number of carbonyl (C=O) groups excluding carboxylic acids is 1. The third-order valence-electron chi connectivity index (χ3n) is 4.03. The zero-order chi connectivity index (χ0) is 16.7. The SMILES string of the molecule is Cc1ccccc1CCNC(=O)C[NH2+][C@H](C)c1ccccc1Cl. The molecule has 0 spiro atoms. The number of nitrogens with one attached hydrogen (secondary N) is 1. The summed E-state index contributed by atoms with van der Waals surface area (Å²) < 4.78 is 0. The van der Waals surface area contributed by atoms with Crippen molar-refractivity contribution in [3.05, 3.63) is 70.2 Å². The molecule has 0 bridgehead atoms. The Hall–Kier alpha value is -1.84. The number of halogens is 1. The number of nitrogens with two attached hydrogens (primary N) is 1. The maximum atomic E-state index is 12.0. The predicted octanol–water partition coefficient (Wildman–Crippen LogP) is 2.63.